The Morgan fingerprint density at radius 2 is 1.87 bits per heavy atom. The molecule has 1 heterocycles. The summed E-state index contributed by atoms with van der Waals surface area (Å²) in [6, 6.07) is 6.22. The SMILES string of the molecule is CCCCCC(C(=O)NCNC(=O)c1ccc(-c2cc(OCC)cc(P(=O)(O)O)c2)o1)C(CC)N(O)C=O. The van der Waals surface area contributed by atoms with Crippen LogP contribution in [-0.2, 0) is 14.2 Å². The summed E-state index contributed by atoms with van der Waals surface area (Å²) in [4.78, 5) is 55.7. The Hall–Kier alpha value is -3.18. The smallest absolute Gasteiger partial charge is 0.356 e. The van der Waals surface area contributed by atoms with Crippen molar-refractivity contribution in [2.45, 2.75) is 58.9 Å². The van der Waals surface area contributed by atoms with Crippen molar-refractivity contribution in [1.82, 2.24) is 15.7 Å². The van der Waals surface area contributed by atoms with Gasteiger partial charge in [-0.05, 0) is 50.1 Å². The predicted octanol–water partition coefficient (Wildman–Crippen LogP) is 2.77. The van der Waals surface area contributed by atoms with Gasteiger partial charge in [-0.3, -0.25) is 24.2 Å². The van der Waals surface area contributed by atoms with Gasteiger partial charge in [-0.15, -0.1) is 0 Å². The number of hydrogen-bond donors (Lipinski definition) is 5. The molecular weight excluding hydrogens is 517 g/mol. The third-order valence-electron chi connectivity index (χ3n) is 5.95. The molecule has 38 heavy (non-hydrogen) atoms. The second kappa shape index (κ2) is 14.7. The highest BCUT2D eigenvalue weighted by Gasteiger charge is 2.30. The van der Waals surface area contributed by atoms with Gasteiger partial charge < -0.3 is 29.6 Å². The summed E-state index contributed by atoms with van der Waals surface area (Å²) in [5, 5.41) is 15.3. The summed E-state index contributed by atoms with van der Waals surface area (Å²) in [6.07, 6.45) is 3.70. The molecule has 2 atom stereocenters. The van der Waals surface area contributed by atoms with Crippen LogP contribution >= 0.6 is 7.60 Å². The zero-order valence-corrected chi connectivity index (χ0v) is 22.6. The third-order valence-corrected chi connectivity index (χ3v) is 6.88. The van der Waals surface area contributed by atoms with Crippen LogP contribution in [0.1, 0.15) is 63.4 Å². The monoisotopic (exact) mass is 553 g/mol. The van der Waals surface area contributed by atoms with E-state index in [2.05, 4.69) is 10.6 Å². The van der Waals surface area contributed by atoms with Gasteiger partial charge >= 0.3 is 7.60 Å². The molecule has 0 radical (unpaired) electrons. The zero-order valence-electron chi connectivity index (χ0n) is 21.8. The molecule has 13 heteroatoms. The molecular formula is C25H36N3O9P. The molecule has 12 nitrogen and oxygen atoms in total. The van der Waals surface area contributed by atoms with E-state index in [0.29, 0.717) is 23.5 Å². The van der Waals surface area contributed by atoms with Crippen molar-refractivity contribution in [3.05, 3.63) is 36.1 Å². The summed E-state index contributed by atoms with van der Waals surface area (Å²) in [6.45, 7) is 5.59. The van der Waals surface area contributed by atoms with Crippen LogP contribution in [0.3, 0.4) is 0 Å². The largest absolute Gasteiger partial charge is 0.494 e. The minimum absolute atomic E-state index is 0.0813. The molecule has 0 spiro atoms. The Balaban J connectivity index is 2.08. The maximum absolute atomic E-state index is 12.8. The first-order chi connectivity index (χ1) is 18.0. The lowest BCUT2D eigenvalue weighted by Crippen LogP contribution is -2.47. The van der Waals surface area contributed by atoms with E-state index in [1.807, 2.05) is 6.92 Å². The third kappa shape index (κ3) is 8.70. The zero-order chi connectivity index (χ0) is 28.3. The van der Waals surface area contributed by atoms with Crippen LogP contribution in [0.5, 0.6) is 5.75 Å². The van der Waals surface area contributed by atoms with Crippen molar-refractivity contribution >= 4 is 31.1 Å². The number of benzene rings is 1. The van der Waals surface area contributed by atoms with E-state index in [1.54, 1.807) is 13.8 Å². The van der Waals surface area contributed by atoms with Crippen molar-refractivity contribution < 1.29 is 43.1 Å². The number of hydrogen-bond acceptors (Lipinski definition) is 7. The summed E-state index contributed by atoms with van der Waals surface area (Å²) < 4.78 is 22.8. The van der Waals surface area contributed by atoms with E-state index in [-0.39, 0.29) is 42.3 Å². The molecule has 0 aliphatic carbocycles. The number of carbonyl (C=O) groups is 3. The fourth-order valence-electron chi connectivity index (χ4n) is 4.04. The number of nitrogens with zero attached hydrogens (tertiary/aromatic N) is 1. The minimum Gasteiger partial charge on any atom is -0.494 e. The summed E-state index contributed by atoms with van der Waals surface area (Å²) in [5.74, 6) is -1.35. The molecule has 0 aliphatic rings. The summed E-state index contributed by atoms with van der Waals surface area (Å²) in [5.41, 5.74) is 0.311. The van der Waals surface area contributed by atoms with E-state index in [0.717, 1.165) is 19.3 Å². The number of unbranched alkanes of at least 4 members (excludes halogenated alkanes) is 2. The molecule has 0 aliphatic heterocycles. The van der Waals surface area contributed by atoms with Crippen LogP contribution < -0.4 is 20.7 Å². The topological polar surface area (TPSA) is 179 Å². The van der Waals surface area contributed by atoms with Crippen LogP contribution in [0, 0.1) is 5.92 Å². The van der Waals surface area contributed by atoms with E-state index in [9.17, 15) is 33.9 Å². The molecule has 5 N–H and O–H groups in total. The molecule has 0 bridgehead atoms. The predicted molar refractivity (Wildman–Crippen MR) is 139 cm³/mol. The van der Waals surface area contributed by atoms with Crippen LogP contribution in [0.25, 0.3) is 11.3 Å². The highest BCUT2D eigenvalue weighted by molar-refractivity contribution is 7.60. The number of carbonyl (C=O) groups excluding carboxylic acids is 3. The van der Waals surface area contributed by atoms with Crippen molar-refractivity contribution in [3.8, 4) is 17.1 Å². The molecule has 210 valence electrons. The Kier molecular flexibility index (Phi) is 12.0. The molecule has 2 aromatic rings. The van der Waals surface area contributed by atoms with Crippen LogP contribution in [0.4, 0.5) is 0 Å². The molecule has 0 saturated heterocycles. The highest BCUT2D eigenvalue weighted by Crippen LogP contribution is 2.37. The molecule has 0 saturated carbocycles. The van der Waals surface area contributed by atoms with Gasteiger partial charge in [-0.2, -0.15) is 0 Å². The van der Waals surface area contributed by atoms with Gasteiger partial charge in [0, 0.05) is 5.56 Å². The summed E-state index contributed by atoms with van der Waals surface area (Å²) in [7, 11) is -4.57. The quantitative estimate of drug-likeness (QED) is 0.0522. The lowest BCUT2D eigenvalue weighted by atomic mass is 9.90. The number of furan rings is 1. The maximum atomic E-state index is 12.8. The molecule has 0 fully saturated rings. The fraction of sp³-hybridized carbons (Fsp3) is 0.480. The Morgan fingerprint density at radius 3 is 2.47 bits per heavy atom. The molecule has 2 rings (SSSR count). The summed E-state index contributed by atoms with van der Waals surface area (Å²) >= 11 is 0. The fourth-order valence-corrected chi connectivity index (χ4v) is 4.64. The van der Waals surface area contributed by atoms with Crippen molar-refractivity contribution in [2.75, 3.05) is 13.3 Å². The Bertz CT molecular complexity index is 1130. The van der Waals surface area contributed by atoms with Gasteiger partial charge in [0.1, 0.15) is 11.5 Å². The number of hydroxylamine groups is 2. The lowest BCUT2D eigenvalue weighted by molar-refractivity contribution is -0.168. The average molecular weight is 554 g/mol. The van der Waals surface area contributed by atoms with Crippen LogP contribution in [0.15, 0.2) is 34.7 Å². The van der Waals surface area contributed by atoms with Gasteiger partial charge in [0.25, 0.3) is 5.91 Å². The minimum atomic E-state index is -4.57. The van der Waals surface area contributed by atoms with E-state index < -0.39 is 31.4 Å². The standard InChI is InChI=1S/C25H36N3O9P/c1-4-7-8-9-20(21(5-2)28(32)16-29)24(30)26-15-27-25(31)23-11-10-22(37-23)17-12-18(36-6-3)14-19(13-17)38(33,34)35/h10-14,16,20-21,32H,4-9,15H2,1-3H3,(H,26,30)(H,27,31)(H2,33,34,35). The second-order valence-corrected chi connectivity index (χ2v) is 10.2. The van der Waals surface area contributed by atoms with Gasteiger partial charge in [-0.25, -0.2) is 5.06 Å². The lowest BCUT2D eigenvalue weighted by Gasteiger charge is -2.29. The van der Waals surface area contributed by atoms with Gasteiger partial charge in [-0.1, -0.05) is 33.1 Å². The Labute approximate surface area is 221 Å². The van der Waals surface area contributed by atoms with Crippen molar-refractivity contribution in [3.63, 3.8) is 0 Å². The second-order valence-electron chi connectivity index (χ2n) is 8.64. The Morgan fingerprint density at radius 1 is 1.13 bits per heavy atom. The van der Waals surface area contributed by atoms with E-state index in [1.165, 1.54) is 30.3 Å². The van der Waals surface area contributed by atoms with Gasteiger partial charge in [0.05, 0.1) is 30.5 Å². The number of ether oxygens (including phenoxy) is 1. The normalized spacial score (nSPS) is 12.9. The van der Waals surface area contributed by atoms with Crippen molar-refractivity contribution in [2.24, 2.45) is 5.92 Å². The van der Waals surface area contributed by atoms with E-state index >= 15 is 0 Å². The first-order valence-corrected chi connectivity index (χ1v) is 14.1. The molecule has 1 aromatic heterocycles. The average Bonchev–Trinajstić information content (AvgIpc) is 3.38. The number of amides is 3. The number of rotatable bonds is 16. The van der Waals surface area contributed by atoms with Gasteiger partial charge in [0.2, 0.25) is 12.3 Å². The highest BCUT2D eigenvalue weighted by atomic mass is 31.2. The first-order valence-electron chi connectivity index (χ1n) is 12.5. The number of nitrogens with one attached hydrogen (secondary N) is 2. The van der Waals surface area contributed by atoms with Crippen molar-refractivity contribution in [1.29, 1.82) is 0 Å². The molecule has 2 unspecified atom stereocenters. The molecule has 1 aromatic carbocycles. The van der Waals surface area contributed by atoms with Crippen LogP contribution in [0.2, 0.25) is 0 Å². The first kappa shape index (κ1) is 31.0. The van der Waals surface area contributed by atoms with Gasteiger partial charge in [0.15, 0.2) is 5.76 Å². The molecule has 3 amide bonds. The maximum Gasteiger partial charge on any atom is 0.356 e. The van der Waals surface area contributed by atoms with Crippen LogP contribution in [-0.4, -0.2) is 57.6 Å². The van der Waals surface area contributed by atoms with E-state index in [4.69, 9.17) is 9.15 Å².